The van der Waals surface area contributed by atoms with E-state index in [1.165, 1.54) is 0 Å². The van der Waals surface area contributed by atoms with Crippen molar-refractivity contribution < 1.29 is 9.53 Å². The lowest BCUT2D eigenvalue weighted by Gasteiger charge is -2.12. The topological polar surface area (TPSA) is 59.2 Å². The number of esters is 1. The second-order valence-corrected chi connectivity index (χ2v) is 5.34. The third-order valence-corrected chi connectivity index (χ3v) is 3.71. The summed E-state index contributed by atoms with van der Waals surface area (Å²) in [7, 11) is 0. The van der Waals surface area contributed by atoms with Gasteiger partial charge in [-0.05, 0) is 31.5 Å². The van der Waals surface area contributed by atoms with Crippen molar-refractivity contribution in [1.82, 2.24) is 4.98 Å². The number of rotatable bonds is 3. The summed E-state index contributed by atoms with van der Waals surface area (Å²) < 4.78 is 5.09. The number of hydrogen-bond acceptors (Lipinski definition) is 3. The normalized spacial score (nSPS) is 10.7. The molecule has 4 heteroatoms. The molecule has 0 bridgehead atoms. The van der Waals surface area contributed by atoms with E-state index < -0.39 is 11.5 Å². The van der Waals surface area contributed by atoms with Crippen LogP contribution in [0, 0.1) is 6.92 Å². The first kappa shape index (κ1) is 15.0. The summed E-state index contributed by atoms with van der Waals surface area (Å²) in [5.74, 6) is -0.601. The summed E-state index contributed by atoms with van der Waals surface area (Å²) in [6, 6.07) is 15.2. The summed E-state index contributed by atoms with van der Waals surface area (Å²) in [5, 5.41) is 0.832. The minimum atomic E-state index is -0.601. The van der Waals surface area contributed by atoms with Gasteiger partial charge in [-0.1, -0.05) is 42.0 Å². The average Bonchev–Trinajstić information content (AvgIpc) is 2.55. The molecule has 3 aromatic rings. The molecule has 0 spiro atoms. The summed E-state index contributed by atoms with van der Waals surface area (Å²) in [6.07, 6.45) is 0. The molecule has 0 unspecified atom stereocenters. The number of pyridine rings is 1. The van der Waals surface area contributed by atoms with Gasteiger partial charge < -0.3 is 9.72 Å². The maximum atomic E-state index is 12.5. The Balaban J connectivity index is 2.44. The first-order valence-electron chi connectivity index (χ1n) is 7.51. The Morgan fingerprint density at radius 1 is 1.13 bits per heavy atom. The zero-order chi connectivity index (χ0) is 16.4. The molecule has 0 radical (unpaired) electrons. The summed E-state index contributed by atoms with van der Waals surface area (Å²) in [4.78, 5) is 27.6. The van der Waals surface area contributed by atoms with E-state index in [1.807, 2.05) is 55.5 Å². The highest BCUT2D eigenvalue weighted by atomic mass is 16.5. The highest BCUT2D eigenvalue weighted by molar-refractivity contribution is 6.06. The quantitative estimate of drug-likeness (QED) is 0.751. The Kier molecular flexibility index (Phi) is 3.98. The summed E-state index contributed by atoms with van der Waals surface area (Å²) in [5.41, 5.74) is 2.81. The van der Waals surface area contributed by atoms with E-state index in [0.29, 0.717) is 11.1 Å². The molecule has 116 valence electrons. The largest absolute Gasteiger partial charge is 0.462 e. The highest BCUT2D eigenvalue weighted by Crippen LogP contribution is 2.30. The molecule has 0 saturated heterocycles. The Bertz CT molecular complexity index is 926. The fourth-order valence-corrected chi connectivity index (χ4v) is 2.71. The highest BCUT2D eigenvalue weighted by Gasteiger charge is 2.21. The molecule has 0 amide bonds. The molecular formula is C19H17NO3. The van der Waals surface area contributed by atoms with Crippen LogP contribution in [0.1, 0.15) is 22.8 Å². The Morgan fingerprint density at radius 3 is 2.57 bits per heavy atom. The van der Waals surface area contributed by atoms with Crippen molar-refractivity contribution in [3.8, 4) is 11.1 Å². The van der Waals surface area contributed by atoms with E-state index in [-0.39, 0.29) is 12.2 Å². The van der Waals surface area contributed by atoms with Crippen molar-refractivity contribution in [1.29, 1.82) is 0 Å². The molecule has 0 aliphatic carbocycles. The van der Waals surface area contributed by atoms with E-state index in [9.17, 15) is 9.59 Å². The van der Waals surface area contributed by atoms with E-state index in [2.05, 4.69) is 4.98 Å². The second-order valence-electron chi connectivity index (χ2n) is 5.34. The number of carbonyl (C=O) groups is 1. The van der Waals surface area contributed by atoms with Gasteiger partial charge in [-0.15, -0.1) is 0 Å². The van der Waals surface area contributed by atoms with Crippen LogP contribution in [0.5, 0.6) is 0 Å². The lowest BCUT2D eigenvalue weighted by atomic mass is 9.95. The Hall–Kier alpha value is -2.88. The van der Waals surface area contributed by atoms with E-state index in [1.54, 1.807) is 6.92 Å². The SMILES string of the molecule is CCOC(=O)c1c(-c2ccccc2)c2cc(C)ccc2[nH]c1=O. The smallest absolute Gasteiger partial charge is 0.344 e. The van der Waals surface area contributed by atoms with E-state index in [0.717, 1.165) is 16.5 Å². The van der Waals surface area contributed by atoms with Crippen molar-refractivity contribution in [2.45, 2.75) is 13.8 Å². The van der Waals surface area contributed by atoms with Gasteiger partial charge in [0.05, 0.1) is 6.61 Å². The number of aromatic nitrogens is 1. The summed E-state index contributed by atoms with van der Waals surface area (Å²) >= 11 is 0. The zero-order valence-corrected chi connectivity index (χ0v) is 13.1. The van der Waals surface area contributed by atoms with Crippen LogP contribution in [-0.4, -0.2) is 17.6 Å². The van der Waals surface area contributed by atoms with Crippen LogP contribution in [0.2, 0.25) is 0 Å². The molecule has 0 fully saturated rings. The van der Waals surface area contributed by atoms with Crippen molar-refractivity contribution >= 4 is 16.9 Å². The number of H-pyrrole nitrogens is 1. The number of fused-ring (bicyclic) bond motifs is 1. The molecule has 0 atom stereocenters. The predicted octanol–water partition coefficient (Wildman–Crippen LogP) is 3.68. The lowest BCUT2D eigenvalue weighted by Crippen LogP contribution is -2.21. The van der Waals surface area contributed by atoms with E-state index >= 15 is 0 Å². The molecule has 1 heterocycles. The fraction of sp³-hybridized carbons (Fsp3) is 0.158. The van der Waals surface area contributed by atoms with Crippen molar-refractivity contribution in [2.75, 3.05) is 6.61 Å². The van der Waals surface area contributed by atoms with Gasteiger partial charge in [-0.25, -0.2) is 4.79 Å². The van der Waals surface area contributed by atoms with Crippen LogP contribution in [0.15, 0.2) is 53.3 Å². The predicted molar refractivity (Wildman–Crippen MR) is 90.7 cm³/mol. The monoisotopic (exact) mass is 307 g/mol. The van der Waals surface area contributed by atoms with E-state index in [4.69, 9.17) is 4.74 Å². The molecule has 1 N–H and O–H groups in total. The molecule has 0 aliphatic rings. The number of hydrogen-bond donors (Lipinski definition) is 1. The Labute approximate surface area is 133 Å². The van der Waals surface area contributed by atoms with Crippen LogP contribution in [-0.2, 0) is 4.74 Å². The first-order chi connectivity index (χ1) is 11.1. The zero-order valence-electron chi connectivity index (χ0n) is 13.1. The van der Waals surface area contributed by atoms with Gasteiger partial charge in [0, 0.05) is 16.5 Å². The van der Waals surface area contributed by atoms with Gasteiger partial charge in [-0.2, -0.15) is 0 Å². The maximum absolute atomic E-state index is 12.5. The van der Waals surface area contributed by atoms with Crippen molar-refractivity contribution in [3.63, 3.8) is 0 Å². The van der Waals surface area contributed by atoms with Gasteiger partial charge in [0.15, 0.2) is 0 Å². The van der Waals surface area contributed by atoms with Crippen LogP contribution >= 0.6 is 0 Å². The minimum Gasteiger partial charge on any atom is -0.462 e. The van der Waals surface area contributed by atoms with Gasteiger partial charge in [0.2, 0.25) is 0 Å². The molecular weight excluding hydrogens is 290 g/mol. The van der Waals surface area contributed by atoms with Crippen LogP contribution in [0.25, 0.3) is 22.0 Å². The number of benzene rings is 2. The minimum absolute atomic E-state index is 0.0520. The van der Waals surface area contributed by atoms with Gasteiger partial charge in [-0.3, -0.25) is 4.79 Å². The number of nitrogens with one attached hydrogen (secondary N) is 1. The van der Waals surface area contributed by atoms with Crippen molar-refractivity contribution in [2.24, 2.45) is 0 Å². The maximum Gasteiger partial charge on any atom is 0.344 e. The first-order valence-corrected chi connectivity index (χ1v) is 7.51. The molecule has 1 aromatic heterocycles. The van der Waals surface area contributed by atoms with Gasteiger partial charge in [0.1, 0.15) is 5.56 Å². The number of carbonyl (C=O) groups excluding carboxylic acids is 1. The molecule has 23 heavy (non-hydrogen) atoms. The van der Waals surface area contributed by atoms with Crippen molar-refractivity contribution in [3.05, 3.63) is 70.0 Å². The Morgan fingerprint density at radius 2 is 1.87 bits per heavy atom. The standard InChI is InChI=1S/C19H17NO3/c1-3-23-19(22)17-16(13-7-5-4-6-8-13)14-11-12(2)9-10-15(14)20-18(17)21/h4-11H,3H2,1-2H3,(H,20,21). The van der Waals surface area contributed by atoms with Crippen LogP contribution < -0.4 is 5.56 Å². The number of aromatic amines is 1. The van der Waals surface area contributed by atoms with Crippen LogP contribution in [0.3, 0.4) is 0 Å². The molecule has 4 nitrogen and oxygen atoms in total. The molecule has 0 aliphatic heterocycles. The lowest BCUT2D eigenvalue weighted by molar-refractivity contribution is 0.0525. The van der Waals surface area contributed by atoms with Crippen LogP contribution in [0.4, 0.5) is 0 Å². The summed E-state index contributed by atoms with van der Waals surface area (Å²) in [6.45, 7) is 3.92. The third kappa shape index (κ3) is 2.75. The molecule has 0 saturated carbocycles. The molecule has 2 aromatic carbocycles. The number of aryl methyl sites for hydroxylation is 1. The second kappa shape index (κ2) is 6.08. The van der Waals surface area contributed by atoms with Gasteiger partial charge >= 0.3 is 5.97 Å². The average molecular weight is 307 g/mol. The fourth-order valence-electron chi connectivity index (χ4n) is 2.71. The van der Waals surface area contributed by atoms with Gasteiger partial charge in [0.25, 0.3) is 5.56 Å². The number of ether oxygens (including phenoxy) is 1. The third-order valence-electron chi connectivity index (χ3n) is 3.71. The molecule has 3 rings (SSSR count).